The minimum Gasteiger partial charge on any atom is -0.366 e. The fourth-order valence-corrected chi connectivity index (χ4v) is 6.53. The molecule has 1 atom stereocenters. The van der Waals surface area contributed by atoms with Gasteiger partial charge in [0.05, 0.1) is 16.5 Å². The van der Waals surface area contributed by atoms with Crippen LogP contribution in [-0.2, 0) is 14.8 Å². The van der Waals surface area contributed by atoms with Crippen LogP contribution in [-0.4, -0.2) is 62.8 Å². The molecule has 178 valence electrons. The molecule has 2 saturated heterocycles. The van der Waals surface area contributed by atoms with Crippen molar-refractivity contribution >= 4 is 32.4 Å². The maximum absolute atomic E-state index is 14.1. The molecule has 2 fully saturated rings. The second-order valence-electron chi connectivity index (χ2n) is 8.97. The molecule has 2 aliphatic heterocycles. The van der Waals surface area contributed by atoms with Crippen molar-refractivity contribution in [1.29, 1.82) is 0 Å². The summed E-state index contributed by atoms with van der Waals surface area (Å²) in [5.41, 5.74) is 0.555. The summed E-state index contributed by atoms with van der Waals surface area (Å²) in [5.74, 6) is -0.625. The predicted molar refractivity (Wildman–Crippen MR) is 131 cm³/mol. The normalized spacial score (nSPS) is 20.0. The molecule has 2 aliphatic rings. The molecule has 8 heteroatoms. The molecule has 5 rings (SSSR count). The van der Waals surface area contributed by atoms with E-state index < -0.39 is 10.0 Å². The number of nitrogens with zero attached hydrogens (tertiary/aromatic N) is 3. The number of benzene rings is 3. The van der Waals surface area contributed by atoms with Crippen LogP contribution in [0.5, 0.6) is 0 Å². The molecule has 0 N–H and O–H groups in total. The summed E-state index contributed by atoms with van der Waals surface area (Å²) >= 11 is 0. The lowest BCUT2D eigenvalue weighted by Crippen LogP contribution is -2.53. The van der Waals surface area contributed by atoms with Gasteiger partial charge in [0.2, 0.25) is 15.9 Å². The Kier molecular flexibility index (Phi) is 6.27. The van der Waals surface area contributed by atoms with Gasteiger partial charge in [-0.1, -0.05) is 42.5 Å². The van der Waals surface area contributed by atoms with E-state index in [0.29, 0.717) is 51.3 Å². The molecule has 0 aliphatic carbocycles. The van der Waals surface area contributed by atoms with Gasteiger partial charge >= 0.3 is 0 Å². The van der Waals surface area contributed by atoms with Gasteiger partial charge in [0.1, 0.15) is 5.82 Å². The standard InChI is InChI=1S/C26H28FN3O3S/c27-24-9-3-4-10-25(24)28-14-16-29(17-15-28)26(31)22-8-5-13-30(19-22)34(32,33)23-12-11-20-6-1-2-7-21(20)18-23/h1-4,6-7,9-12,18,22H,5,8,13-17,19H2/t22-/m0/s1. The molecule has 0 radical (unpaired) electrons. The fraction of sp³-hybridized carbons (Fsp3) is 0.346. The van der Waals surface area contributed by atoms with Gasteiger partial charge in [-0.15, -0.1) is 0 Å². The van der Waals surface area contributed by atoms with E-state index in [-0.39, 0.29) is 29.1 Å². The molecule has 0 spiro atoms. The number of fused-ring (bicyclic) bond motifs is 1. The summed E-state index contributed by atoms with van der Waals surface area (Å²) in [4.78, 5) is 17.3. The van der Waals surface area contributed by atoms with Crippen molar-refractivity contribution in [3.63, 3.8) is 0 Å². The van der Waals surface area contributed by atoms with E-state index in [9.17, 15) is 17.6 Å². The summed E-state index contributed by atoms with van der Waals surface area (Å²) in [5, 5.41) is 1.86. The lowest BCUT2D eigenvalue weighted by atomic mass is 9.97. The van der Waals surface area contributed by atoms with Crippen molar-refractivity contribution in [2.24, 2.45) is 5.92 Å². The molecule has 1 amide bonds. The number of carbonyl (C=O) groups is 1. The van der Waals surface area contributed by atoms with Gasteiger partial charge in [0.15, 0.2) is 0 Å². The third-order valence-electron chi connectivity index (χ3n) is 6.88. The first kappa shape index (κ1) is 22.8. The molecule has 6 nitrogen and oxygen atoms in total. The zero-order chi connectivity index (χ0) is 23.7. The van der Waals surface area contributed by atoms with Crippen molar-refractivity contribution in [2.75, 3.05) is 44.2 Å². The van der Waals surface area contributed by atoms with Gasteiger partial charge in [0.25, 0.3) is 0 Å². The topological polar surface area (TPSA) is 60.9 Å². The Hall–Kier alpha value is -2.97. The van der Waals surface area contributed by atoms with Crippen molar-refractivity contribution in [3.05, 3.63) is 72.5 Å². The van der Waals surface area contributed by atoms with E-state index in [1.807, 2.05) is 41.3 Å². The molecule has 0 bridgehead atoms. The summed E-state index contributed by atoms with van der Waals surface area (Å²) in [6.45, 7) is 2.72. The second-order valence-corrected chi connectivity index (χ2v) is 10.9. The van der Waals surface area contributed by atoms with E-state index in [0.717, 1.165) is 10.8 Å². The predicted octanol–water partition coefficient (Wildman–Crippen LogP) is 3.73. The molecule has 0 saturated carbocycles. The first-order chi connectivity index (χ1) is 16.4. The van der Waals surface area contributed by atoms with Gasteiger partial charge in [-0.25, -0.2) is 12.8 Å². The molecular weight excluding hydrogens is 453 g/mol. The number of piperidine rings is 1. The van der Waals surface area contributed by atoms with Gasteiger partial charge in [-0.2, -0.15) is 4.31 Å². The third-order valence-corrected chi connectivity index (χ3v) is 8.74. The number of hydrogen-bond acceptors (Lipinski definition) is 4. The summed E-state index contributed by atoms with van der Waals surface area (Å²) < 4.78 is 42.3. The van der Waals surface area contributed by atoms with Crippen LogP contribution >= 0.6 is 0 Å². The quantitative estimate of drug-likeness (QED) is 0.570. The van der Waals surface area contributed by atoms with E-state index in [4.69, 9.17) is 0 Å². The van der Waals surface area contributed by atoms with Crippen molar-refractivity contribution in [1.82, 2.24) is 9.21 Å². The van der Waals surface area contributed by atoms with Crippen LogP contribution in [0.1, 0.15) is 12.8 Å². The summed E-state index contributed by atoms with van der Waals surface area (Å²) in [6, 6.07) is 19.5. The van der Waals surface area contributed by atoms with Gasteiger partial charge in [-0.05, 0) is 47.9 Å². The third kappa shape index (κ3) is 4.40. The first-order valence-corrected chi connectivity index (χ1v) is 13.1. The SMILES string of the molecule is O=C([C@H]1CCCN(S(=O)(=O)c2ccc3ccccc3c2)C1)N1CCN(c2ccccc2F)CC1. The highest BCUT2D eigenvalue weighted by atomic mass is 32.2. The smallest absolute Gasteiger partial charge is 0.243 e. The Labute approximate surface area is 199 Å². The molecule has 2 heterocycles. The van der Waals surface area contributed by atoms with Crippen LogP contribution in [0.2, 0.25) is 0 Å². The number of amides is 1. The first-order valence-electron chi connectivity index (χ1n) is 11.7. The number of anilines is 1. The van der Waals surface area contributed by atoms with Crippen LogP contribution in [0.4, 0.5) is 10.1 Å². The highest BCUT2D eigenvalue weighted by Gasteiger charge is 2.36. The van der Waals surface area contributed by atoms with Crippen LogP contribution in [0.3, 0.4) is 0 Å². The number of sulfonamides is 1. The van der Waals surface area contributed by atoms with E-state index in [1.54, 1.807) is 29.2 Å². The lowest BCUT2D eigenvalue weighted by Gasteiger charge is -2.39. The summed E-state index contributed by atoms with van der Waals surface area (Å²) in [7, 11) is -3.69. The van der Waals surface area contributed by atoms with E-state index in [2.05, 4.69) is 0 Å². The van der Waals surface area contributed by atoms with Gasteiger partial charge in [-0.3, -0.25) is 4.79 Å². The summed E-state index contributed by atoms with van der Waals surface area (Å²) in [6.07, 6.45) is 1.33. The number of carbonyl (C=O) groups excluding carboxylic acids is 1. The van der Waals surface area contributed by atoms with Crippen LogP contribution in [0.25, 0.3) is 10.8 Å². The van der Waals surface area contributed by atoms with Crippen molar-refractivity contribution in [2.45, 2.75) is 17.7 Å². The number of halogens is 1. The zero-order valence-electron chi connectivity index (χ0n) is 18.9. The number of para-hydroxylation sites is 1. The number of piperazine rings is 1. The lowest BCUT2D eigenvalue weighted by molar-refractivity contribution is -0.137. The zero-order valence-corrected chi connectivity index (χ0v) is 19.8. The highest BCUT2D eigenvalue weighted by Crippen LogP contribution is 2.28. The molecule has 34 heavy (non-hydrogen) atoms. The van der Waals surface area contributed by atoms with E-state index in [1.165, 1.54) is 10.4 Å². The minimum atomic E-state index is -3.69. The Bertz CT molecular complexity index is 1310. The molecule has 0 unspecified atom stereocenters. The average molecular weight is 482 g/mol. The average Bonchev–Trinajstić information content (AvgIpc) is 2.88. The van der Waals surface area contributed by atoms with E-state index >= 15 is 0 Å². The van der Waals surface area contributed by atoms with Crippen LogP contribution in [0.15, 0.2) is 71.6 Å². The Morgan fingerprint density at radius 2 is 1.56 bits per heavy atom. The Morgan fingerprint density at radius 1 is 0.853 bits per heavy atom. The van der Waals surface area contributed by atoms with Crippen LogP contribution in [0, 0.1) is 11.7 Å². The number of hydrogen-bond donors (Lipinski definition) is 0. The van der Waals surface area contributed by atoms with Crippen molar-refractivity contribution in [3.8, 4) is 0 Å². The Balaban J connectivity index is 1.26. The fourth-order valence-electron chi connectivity index (χ4n) is 4.97. The molecular formula is C26H28FN3O3S. The maximum atomic E-state index is 14.1. The largest absolute Gasteiger partial charge is 0.366 e. The number of rotatable bonds is 4. The molecule has 3 aromatic carbocycles. The molecule has 3 aromatic rings. The minimum absolute atomic E-state index is 0.00778. The Morgan fingerprint density at radius 3 is 2.32 bits per heavy atom. The monoisotopic (exact) mass is 481 g/mol. The maximum Gasteiger partial charge on any atom is 0.243 e. The second kappa shape index (κ2) is 9.35. The van der Waals surface area contributed by atoms with Crippen LogP contribution < -0.4 is 4.90 Å². The van der Waals surface area contributed by atoms with Gasteiger partial charge in [0, 0.05) is 39.3 Å². The van der Waals surface area contributed by atoms with Crippen molar-refractivity contribution < 1.29 is 17.6 Å². The highest BCUT2D eigenvalue weighted by molar-refractivity contribution is 7.89. The van der Waals surface area contributed by atoms with Gasteiger partial charge < -0.3 is 9.80 Å². The molecule has 0 aromatic heterocycles.